The minimum absolute atomic E-state index is 0. The maximum atomic E-state index is 11.0. The van der Waals surface area contributed by atoms with Crippen LogP contribution in [0.4, 0.5) is 0 Å². The molecular weight excluding hydrogens is 286 g/mol. The molecule has 1 atom stereocenters. The third-order valence-electron chi connectivity index (χ3n) is 3.61. The van der Waals surface area contributed by atoms with Crippen LogP contribution in [0.5, 0.6) is 0 Å². The van der Waals surface area contributed by atoms with Gasteiger partial charge in [0.15, 0.2) is 0 Å². The van der Waals surface area contributed by atoms with Crippen molar-refractivity contribution in [1.82, 2.24) is 0 Å². The van der Waals surface area contributed by atoms with Crippen molar-refractivity contribution in [3.63, 3.8) is 0 Å². The second-order valence-corrected chi connectivity index (χ2v) is 4.95. The van der Waals surface area contributed by atoms with Crippen LogP contribution in [0, 0.1) is 0 Å². The number of aliphatic carboxylic acids is 1. The molecule has 0 aliphatic rings. The van der Waals surface area contributed by atoms with E-state index in [4.69, 9.17) is 10.8 Å². The van der Waals surface area contributed by atoms with Gasteiger partial charge in [0.2, 0.25) is 0 Å². The lowest BCUT2D eigenvalue weighted by atomic mass is 9.94. The first-order valence-corrected chi connectivity index (χ1v) is 6.54. The second kappa shape index (κ2) is 6.12. The highest BCUT2D eigenvalue weighted by Gasteiger charge is 2.15. The Balaban J connectivity index is 0.00000161. The van der Waals surface area contributed by atoms with E-state index in [1.807, 2.05) is 42.5 Å². The van der Waals surface area contributed by atoms with Gasteiger partial charge in [0, 0.05) is 0 Å². The summed E-state index contributed by atoms with van der Waals surface area (Å²) in [6, 6.07) is 17.3. The molecule has 0 heterocycles. The predicted molar refractivity (Wildman–Crippen MR) is 88.0 cm³/mol. The van der Waals surface area contributed by atoms with Crippen LogP contribution >= 0.6 is 12.4 Å². The lowest BCUT2D eigenvalue weighted by molar-refractivity contribution is -0.138. The Morgan fingerprint density at radius 3 is 2.24 bits per heavy atom. The molecule has 0 aliphatic carbocycles. The zero-order valence-electron chi connectivity index (χ0n) is 11.3. The first kappa shape index (κ1) is 15.3. The van der Waals surface area contributed by atoms with Gasteiger partial charge in [-0.05, 0) is 33.5 Å². The average Bonchev–Trinajstić information content (AvgIpc) is 2.47. The maximum Gasteiger partial charge on any atom is 0.320 e. The molecule has 3 aromatic carbocycles. The highest BCUT2D eigenvalue weighted by molar-refractivity contribution is 6.09. The number of carboxylic acid groups (broad SMARTS) is 1. The van der Waals surface area contributed by atoms with Crippen molar-refractivity contribution in [2.75, 3.05) is 0 Å². The van der Waals surface area contributed by atoms with E-state index in [-0.39, 0.29) is 12.4 Å². The van der Waals surface area contributed by atoms with Gasteiger partial charge in [-0.15, -0.1) is 12.4 Å². The van der Waals surface area contributed by atoms with Gasteiger partial charge in [0.1, 0.15) is 6.04 Å². The van der Waals surface area contributed by atoms with Gasteiger partial charge in [-0.2, -0.15) is 0 Å². The first-order chi connectivity index (χ1) is 9.66. The Bertz CT molecular complexity index is 801. The van der Waals surface area contributed by atoms with Crippen LogP contribution < -0.4 is 5.73 Å². The van der Waals surface area contributed by atoms with Crippen molar-refractivity contribution < 1.29 is 9.90 Å². The molecule has 0 radical (unpaired) electrons. The molecule has 0 saturated heterocycles. The molecule has 4 heteroatoms. The van der Waals surface area contributed by atoms with Crippen molar-refractivity contribution in [3.8, 4) is 0 Å². The minimum Gasteiger partial charge on any atom is -0.480 e. The van der Waals surface area contributed by atoms with Crippen LogP contribution in [0.25, 0.3) is 21.5 Å². The molecule has 0 unspecified atom stereocenters. The van der Waals surface area contributed by atoms with E-state index in [1.54, 1.807) is 0 Å². The Kier molecular flexibility index (Phi) is 4.46. The number of nitrogens with two attached hydrogens (primary N) is 1. The lowest BCUT2D eigenvalue weighted by Gasteiger charge is -2.12. The third kappa shape index (κ3) is 2.84. The normalized spacial score (nSPS) is 12.0. The van der Waals surface area contributed by atoms with Crippen molar-refractivity contribution in [2.45, 2.75) is 12.5 Å². The molecule has 0 fully saturated rings. The van der Waals surface area contributed by atoms with Gasteiger partial charge in [-0.1, -0.05) is 54.6 Å². The molecule has 3 nitrogen and oxygen atoms in total. The monoisotopic (exact) mass is 301 g/mol. The number of carbonyl (C=O) groups is 1. The highest BCUT2D eigenvalue weighted by atomic mass is 35.5. The predicted octanol–water partition coefficient (Wildman–Crippen LogP) is 3.37. The van der Waals surface area contributed by atoms with E-state index in [0.29, 0.717) is 6.42 Å². The molecular formula is C17H16ClNO2. The Morgan fingerprint density at radius 2 is 1.57 bits per heavy atom. The molecule has 108 valence electrons. The summed E-state index contributed by atoms with van der Waals surface area (Å²) in [6.45, 7) is 0. The van der Waals surface area contributed by atoms with Crippen LogP contribution in [0.2, 0.25) is 0 Å². The number of halogens is 1. The van der Waals surface area contributed by atoms with Crippen LogP contribution in [0.15, 0.2) is 54.6 Å². The summed E-state index contributed by atoms with van der Waals surface area (Å²) < 4.78 is 0. The number of hydrogen-bond donors (Lipinski definition) is 2. The molecule has 21 heavy (non-hydrogen) atoms. The average molecular weight is 302 g/mol. The Morgan fingerprint density at radius 1 is 1.00 bits per heavy atom. The molecule has 3 rings (SSSR count). The summed E-state index contributed by atoms with van der Waals surface area (Å²) in [5.41, 5.74) is 6.66. The standard InChI is InChI=1S/C17H15NO2.ClH/c18-16(17(19)20)10-12-9-11-5-1-2-6-13(11)15-8-4-3-7-14(12)15;/h1-9,16H,10,18H2,(H,19,20);1H/t16-;/m0./s1. The molecule has 0 spiro atoms. The summed E-state index contributed by atoms with van der Waals surface area (Å²) in [4.78, 5) is 11.0. The van der Waals surface area contributed by atoms with Gasteiger partial charge < -0.3 is 10.8 Å². The quantitative estimate of drug-likeness (QED) is 0.729. The van der Waals surface area contributed by atoms with Crippen LogP contribution in [0.3, 0.4) is 0 Å². The summed E-state index contributed by atoms with van der Waals surface area (Å²) in [5.74, 6) is -0.970. The van der Waals surface area contributed by atoms with Crippen LogP contribution in [-0.2, 0) is 11.2 Å². The SMILES string of the molecule is Cl.N[C@@H](Cc1cc2ccccc2c2ccccc12)C(=O)O. The van der Waals surface area contributed by atoms with E-state index in [9.17, 15) is 4.79 Å². The van der Waals surface area contributed by atoms with E-state index in [2.05, 4.69) is 12.1 Å². The topological polar surface area (TPSA) is 63.3 Å². The molecule has 3 aromatic rings. The third-order valence-corrected chi connectivity index (χ3v) is 3.61. The van der Waals surface area contributed by atoms with E-state index < -0.39 is 12.0 Å². The van der Waals surface area contributed by atoms with Crippen molar-refractivity contribution >= 4 is 39.9 Å². The van der Waals surface area contributed by atoms with Gasteiger partial charge in [-0.3, -0.25) is 4.79 Å². The Hall–Kier alpha value is -2.10. The molecule has 0 saturated carbocycles. The molecule has 0 aliphatic heterocycles. The summed E-state index contributed by atoms with van der Waals surface area (Å²) in [5, 5.41) is 13.5. The fourth-order valence-corrected chi connectivity index (χ4v) is 2.62. The van der Waals surface area contributed by atoms with Crippen LogP contribution in [0.1, 0.15) is 5.56 Å². The number of hydrogen-bond acceptors (Lipinski definition) is 2. The smallest absolute Gasteiger partial charge is 0.320 e. The van der Waals surface area contributed by atoms with Gasteiger partial charge in [0.05, 0.1) is 0 Å². The summed E-state index contributed by atoms with van der Waals surface area (Å²) in [7, 11) is 0. The molecule has 0 bridgehead atoms. The zero-order chi connectivity index (χ0) is 14.1. The molecule has 3 N–H and O–H groups in total. The number of rotatable bonds is 3. The van der Waals surface area contributed by atoms with E-state index in [0.717, 1.165) is 21.7 Å². The van der Waals surface area contributed by atoms with Crippen LogP contribution in [-0.4, -0.2) is 17.1 Å². The fourth-order valence-electron chi connectivity index (χ4n) is 2.62. The largest absolute Gasteiger partial charge is 0.480 e. The number of benzene rings is 3. The number of fused-ring (bicyclic) bond motifs is 3. The fraction of sp³-hybridized carbons (Fsp3) is 0.118. The second-order valence-electron chi connectivity index (χ2n) is 4.95. The van der Waals surface area contributed by atoms with E-state index >= 15 is 0 Å². The van der Waals surface area contributed by atoms with Crippen molar-refractivity contribution in [3.05, 3.63) is 60.2 Å². The summed E-state index contributed by atoms with van der Waals surface area (Å²) in [6.07, 6.45) is 0.334. The molecule has 0 amide bonds. The van der Waals surface area contributed by atoms with Gasteiger partial charge in [-0.25, -0.2) is 0 Å². The van der Waals surface area contributed by atoms with Gasteiger partial charge >= 0.3 is 5.97 Å². The van der Waals surface area contributed by atoms with Crippen molar-refractivity contribution in [1.29, 1.82) is 0 Å². The number of carboxylic acids is 1. The zero-order valence-corrected chi connectivity index (χ0v) is 12.1. The first-order valence-electron chi connectivity index (χ1n) is 6.54. The minimum atomic E-state index is -0.970. The highest BCUT2D eigenvalue weighted by Crippen LogP contribution is 2.29. The van der Waals surface area contributed by atoms with E-state index in [1.165, 1.54) is 5.39 Å². The maximum absolute atomic E-state index is 11.0. The Labute approximate surface area is 128 Å². The van der Waals surface area contributed by atoms with Crippen molar-refractivity contribution in [2.24, 2.45) is 5.73 Å². The molecule has 0 aromatic heterocycles. The summed E-state index contributed by atoms with van der Waals surface area (Å²) >= 11 is 0. The lowest BCUT2D eigenvalue weighted by Crippen LogP contribution is -2.32. The van der Waals surface area contributed by atoms with Gasteiger partial charge in [0.25, 0.3) is 0 Å².